The third-order valence-corrected chi connectivity index (χ3v) is 5.17. The Bertz CT molecular complexity index is 987. The highest BCUT2D eigenvalue weighted by Crippen LogP contribution is 2.32. The van der Waals surface area contributed by atoms with Gasteiger partial charge in [0.2, 0.25) is 0 Å². The standard InChI is InChI=1S/C20H20N2O3S/c1-4-22-12-15(7-10-19(22)23)21-20(24)18-11-17(13(2)26-18)14-5-8-16(25-3)9-6-14/h5-12H,4H2,1-3H3,(H,21,24). The van der Waals surface area contributed by atoms with Gasteiger partial charge in [-0.3, -0.25) is 9.59 Å². The SMILES string of the molecule is CCn1cc(NC(=O)c2cc(-c3ccc(OC)cc3)c(C)s2)ccc1=O. The molecule has 1 aromatic carbocycles. The minimum atomic E-state index is -0.181. The summed E-state index contributed by atoms with van der Waals surface area (Å²) in [6.45, 7) is 4.44. The molecule has 0 aliphatic carbocycles. The average Bonchev–Trinajstić information content (AvgIpc) is 3.05. The van der Waals surface area contributed by atoms with E-state index >= 15 is 0 Å². The van der Waals surface area contributed by atoms with E-state index in [0.717, 1.165) is 21.8 Å². The molecule has 0 unspecified atom stereocenters. The van der Waals surface area contributed by atoms with Crippen molar-refractivity contribution in [2.45, 2.75) is 20.4 Å². The number of aryl methyl sites for hydroxylation is 2. The number of pyridine rings is 1. The van der Waals surface area contributed by atoms with Crippen molar-refractivity contribution in [1.29, 1.82) is 0 Å². The maximum absolute atomic E-state index is 12.6. The molecular weight excluding hydrogens is 348 g/mol. The van der Waals surface area contributed by atoms with Crippen LogP contribution in [0.1, 0.15) is 21.5 Å². The highest BCUT2D eigenvalue weighted by atomic mass is 32.1. The van der Waals surface area contributed by atoms with Gasteiger partial charge < -0.3 is 14.6 Å². The number of hydrogen-bond donors (Lipinski definition) is 1. The van der Waals surface area contributed by atoms with Crippen molar-refractivity contribution < 1.29 is 9.53 Å². The van der Waals surface area contributed by atoms with E-state index in [1.54, 1.807) is 23.9 Å². The van der Waals surface area contributed by atoms with Crippen LogP contribution in [0.2, 0.25) is 0 Å². The summed E-state index contributed by atoms with van der Waals surface area (Å²) in [5.74, 6) is 0.616. The minimum Gasteiger partial charge on any atom is -0.497 e. The number of aromatic nitrogens is 1. The number of ether oxygens (including phenoxy) is 1. The highest BCUT2D eigenvalue weighted by Gasteiger charge is 2.14. The van der Waals surface area contributed by atoms with Crippen LogP contribution in [0.25, 0.3) is 11.1 Å². The second-order valence-electron chi connectivity index (χ2n) is 5.81. The molecule has 0 radical (unpaired) electrons. The van der Waals surface area contributed by atoms with Crippen LogP contribution in [-0.4, -0.2) is 17.6 Å². The molecule has 1 amide bonds. The number of thiophene rings is 1. The lowest BCUT2D eigenvalue weighted by molar-refractivity contribution is 0.103. The first kappa shape index (κ1) is 17.9. The van der Waals surface area contributed by atoms with Gasteiger partial charge >= 0.3 is 0 Å². The fourth-order valence-electron chi connectivity index (χ4n) is 2.70. The van der Waals surface area contributed by atoms with Gasteiger partial charge in [-0.1, -0.05) is 12.1 Å². The molecule has 5 nitrogen and oxygen atoms in total. The summed E-state index contributed by atoms with van der Waals surface area (Å²) in [5.41, 5.74) is 2.59. The van der Waals surface area contributed by atoms with Gasteiger partial charge in [-0.25, -0.2) is 0 Å². The van der Waals surface area contributed by atoms with Crippen LogP contribution in [0, 0.1) is 6.92 Å². The molecule has 0 saturated heterocycles. The lowest BCUT2D eigenvalue weighted by atomic mass is 10.1. The highest BCUT2D eigenvalue weighted by molar-refractivity contribution is 7.14. The zero-order chi connectivity index (χ0) is 18.7. The largest absolute Gasteiger partial charge is 0.497 e. The molecule has 0 fully saturated rings. The molecule has 3 aromatic rings. The second kappa shape index (κ2) is 7.58. The number of amides is 1. The summed E-state index contributed by atoms with van der Waals surface area (Å²) < 4.78 is 6.74. The monoisotopic (exact) mass is 368 g/mol. The van der Waals surface area contributed by atoms with E-state index in [-0.39, 0.29) is 11.5 Å². The lowest BCUT2D eigenvalue weighted by Gasteiger charge is -2.06. The summed E-state index contributed by atoms with van der Waals surface area (Å²) in [4.78, 5) is 25.9. The molecule has 0 bridgehead atoms. The summed E-state index contributed by atoms with van der Waals surface area (Å²) in [6, 6.07) is 12.7. The Morgan fingerprint density at radius 2 is 1.92 bits per heavy atom. The number of nitrogens with one attached hydrogen (secondary N) is 1. The summed E-state index contributed by atoms with van der Waals surface area (Å²) >= 11 is 1.45. The molecular formula is C20H20N2O3S. The molecule has 134 valence electrons. The Labute approximate surface area is 155 Å². The smallest absolute Gasteiger partial charge is 0.265 e. The van der Waals surface area contributed by atoms with Crippen molar-refractivity contribution >= 4 is 22.9 Å². The number of carbonyl (C=O) groups excluding carboxylic acids is 1. The van der Waals surface area contributed by atoms with Crippen molar-refractivity contribution in [2.75, 3.05) is 12.4 Å². The molecule has 0 aliphatic heterocycles. The second-order valence-corrected chi connectivity index (χ2v) is 7.06. The first-order valence-corrected chi connectivity index (χ1v) is 9.10. The van der Waals surface area contributed by atoms with E-state index in [0.29, 0.717) is 17.1 Å². The van der Waals surface area contributed by atoms with Crippen molar-refractivity contribution in [1.82, 2.24) is 4.57 Å². The first-order valence-electron chi connectivity index (χ1n) is 8.28. The van der Waals surface area contributed by atoms with Gasteiger partial charge in [0.25, 0.3) is 11.5 Å². The van der Waals surface area contributed by atoms with E-state index in [9.17, 15) is 9.59 Å². The molecule has 0 atom stereocenters. The van der Waals surface area contributed by atoms with E-state index in [4.69, 9.17) is 4.74 Å². The van der Waals surface area contributed by atoms with Crippen LogP contribution in [0.4, 0.5) is 5.69 Å². The topological polar surface area (TPSA) is 60.3 Å². The number of nitrogens with zero attached hydrogens (tertiary/aromatic N) is 1. The van der Waals surface area contributed by atoms with Crippen LogP contribution in [0.15, 0.2) is 53.5 Å². The number of anilines is 1. The predicted octanol–water partition coefficient (Wildman–Crippen LogP) is 4.17. The number of carbonyl (C=O) groups is 1. The van der Waals surface area contributed by atoms with Crippen molar-refractivity contribution in [3.63, 3.8) is 0 Å². The van der Waals surface area contributed by atoms with E-state index < -0.39 is 0 Å². The fraction of sp³-hybridized carbons (Fsp3) is 0.200. The van der Waals surface area contributed by atoms with Crippen molar-refractivity contribution in [3.8, 4) is 16.9 Å². The molecule has 0 aliphatic rings. The third kappa shape index (κ3) is 3.70. The van der Waals surface area contributed by atoms with Gasteiger partial charge in [-0.2, -0.15) is 0 Å². The maximum atomic E-state index is 12.6. The van der Waals surface area contributed by atoms with E-state index in [2.05, 4.69) is 5.32 Å². The van der Waals surface area contributed by atoms with E-state index in [1.165, 1.54) is 17.4 Å². The Morgan fingerprint density at radius 3 is 2.58 bits per heavy atom. The number of hydrogen-bond acceptors (Lipinski definition) is 4. The number of methoxy groups -OCH3 is 1. The van der Waals surface area contributed by atoms with Gasteiger partial charge in [0, 0.05) is 23.7 Å². The average molecular weight is 368 g/mol. The zero-order valence-corrected chi connectivity index (χ0v) is 15.7. The van der Waals surface area contributed by atoms with Crippen LogP contribution in [0.3, 0.4) is 0 Å². The van der Waals surface area contributed by atoms with Crippen LogP contribution < -0.4 is 15.6 Å². The Balaban J connectivity index is 1.83. The predicted molar refractivity (Wildman–Crippen MR) is 105 cm³/mol. The Hall–Kier alpha value is -2.86. The van der Waals surface area contributed by atoms with Gasteiger partial charge in [0.1, 0.15) is 5.75 Å². The summed E-state index contributed by atoms with van der Waals surface area (Å²) in [7, 11) is 1.63. The quantitative estimate of drug-likeness (QED) is 0.735. The maximum Gasteiger partial charge on any atom is 0.265 e. The number of benzene rings is 1. The first-order chi connectivity index (χ1) is 12.5. The lowest BCUT2D eigenvalue weighted by Crippen LogP contribution is -2.19. The van der Waals surface area contributed by atoms with Crippen LogP contribution in [-0.2, 0) is 6.54 Å². The molecule has 0 spiro atoms. The summed E-state index contributed by atoms with van der Waals surface area (Å²) in [5, 5.41) is 2.86. The van der Waals surface area contributed by atoms with Crippen molar-refractivity contribution in [2.24, 2.45) is 0 Å². The number of rotatable bonds is 5. The molecule has 26 heavy (non-hydrogen) atoms. The summed E-state index contributed by atoms with van der Waals surface area (Å²) in [6.07, 6.45) is 1.66. The van der Waals surface area contributed by atoms with Gasteiger partial charge in [0.15, 0.2) is 0 Å². The Morgan fingerprint density at radius 1 is 1.19 bits per heavy atom. The molecule has 3 rings (SSSR count). The zero-order valence-electron chi connectivity index (χ0n) is 14.9. The normalized spacial score (nSPS) is 10.6. The van der Waals surface area contributed by atoms with Gasteiger partial charge in [-0.05, 0) is 49.2 Å². The third-order valence-electron chi connectivity index (χ3n) is 4.12. The molecule has 1 N–H and O–H groups in total. The van der Waals surface area contributed by atoms with Crippen LogP contribution >= 0.6 is 11.3 Å². The fourth-order valence-corrected chi connectivity index (χ4v) is 3.63. The molecule has 0 saturated carbocycles. The minimum absolute atomic E-state index is 0.0840. The Kier molecular flexibility index (Phi) is 5.23. The molecule has 6 heteroatoms. The molecule has 2 aromatic heterocycles. The van der Waals surface area contributed by atoms with Gasteiger partial charge in [-0.15, -0.1) is 11.3 Å². The molecule has 2 heterocycles. The van der Waals surface area contributed by atoms with Crippen LogP contribution in [0.5, 0.6) is 5.75 Å². The van der Waals surface area contributed by atoms with Crippen molar-refractivity contribution in [3.05, 3.63) is 68.8 Å². The van der Waals surface area contributed by atoms with Gasteiger partial charge in [0.05, 0.1) is 17.7 Å². The van der Waals surface area contributed by atoms with E-state index in [1.807, 2.05) is 44.2 Å².